The summed E-state index contributed by atoms with van der Waals surface area (Å²) in [7, 11) is 1.64. The Morgan fingerprint density at radius 2 is 1.83 bits per heavy atom. The third-order valence-electron chi connectivity index (χ3n) is 3.50. The quantitative estimate of drug-likeness (QED) is 0.638. The lowest BCUT2D eigenvalue weighted by molar-refractivity contribution is 0.415. The number of aromatic nitrogens is 2. The second-order valence-corrected chi connectivity index (χ2v) is 6.30. The second-order valence-electron chi connectivity index (χ2n) is 5.29. The van der Waals surface area contributed by atoms with Crippen LogP contribution in [0.1, 0.15) is 17.0 Å². The molecule has 1 heterocycles. The molecule has 0 saturated carbocycles. The van der Waals surface area contributed by atoms with E-state index < -0.39 is 0 Å². The van der Waals surface area contributed by atoms with Gasteiger partial charge < -0.3 is 9.15 Å². The number of methoxy groups -OCH3 is 1. The van der Waals surface area contributed by atoms with E-state index in [1.165, 1.54) is 16.0 Å². The third kappa shape index (κ3) is 3.74. The molecular formula is C18H18N2O2S. The molecule has 0 saturated heterocycles. The van der Waals surface area contributed by atoms with Gasteiger partial charge in [-0.05, 0) is 49.7 Å². The van der Waals surface area contributed by atoms with Gasteiger partial charge in [-0.3, -0.25) is 0 Å². The molecule has 0 aliphatic rings. The van der Waals surface area contributed by atoms with Crippen LogP contribution in [0.15, 0.2) is 51.8 Å². The SMILES string of the molecule is COc1ccc(-c2nnc(CSc3cc(C)ccc3C)o2)cc1. The predicted octanol–water partition coefficient (Wildman–Crippen LogP) is 4.65. The van der Waals surface area contributed by atoms with E-state index in [1.54, 1.807) is 18.9 Å². The van der Waals surface area contributed by atoms with Crippen LogP contribution in [0, 0.1) is 13.8 Å². The first-order valence-corrected chi connectivity index (χ1v) is 8.31. The minimum atomic E-state index is 0.532. The molecule has 3 aromatic rings. The van der Waals surface area contributed by atoms with Crippen molar-refractivity contribution in [2.45, 2.75) is 24.5 Å². The standard InChI is InChI=1S/C18H18N2O2S/c1-12-4-5-13(2)16(10-12)23-11-17-19-20-18(22-17)14-6-8-15(21-3)9-7-14/h4-10H,11H2,1-3H3. The molecule has 5 heteroatoms. The highest BCUT2D eigenvalue weighted by Gasteiger charge is 2.10. The molecule has 0 fully saturated rings. The molecule has 23 heavy (non-hydrogen) atoms. The average Bonchev–Trinajstić information content (AvgIpc) is 3.05. The van der Waals surface area contributed by atoms with Crippen LogP contribution in [0.2, 0.25) is 0 Å². The zero-order chi connectivity index (χ0) is 16.2. The monoisotopic (exact) mass is 326 g/mol. The van der Waals surface area contributed by atoms with Crippen LogP contribution in [0.3, 0.4) is 0 Å². The van der Waals surface area contributed by atoms with Crippen molar-refractivity contribution in [2.75, 3.05) is 7.11 Å². The van der Waals surface area contributed by atoms with Crippen LogP contribution in [-0.4, -0.2) is 17.3 Å². The summed E-state index contributed by atoms with van der Waals surface area (Å²) in [4.78, 5) is 1.24. The summed E-state index contributed by atoms with van der Waals surface area (Å²) in [5.74, 6) is 2.62. The van der Waals surface area contributed by atoms with Gasteiger partial charge in [0.15, 0.2) is 0 Å². The number of hydrogen-bond donors (Lipinski definition) is 0. The molecule has 0 aliphatic carbocycles. The summed E-state index contributed by atoms with van der Waals surface area (Å²) >= 11 is 1.71. The molecule has 0 atom stereocenters. The molecular weight excluding hydrogens is 308 g/mol. The lowest BCUT2D eigenvalue weighted by atomic mass is 10.2. The van der Waals surface area contributed by atoms with Crippen molar-refractivity contribution < 1.29 is 9.15 Å². The average molecular weight is 326 g/mol. The summed E-state index contributed by atoms with van der Waals surface area (Å²) in [6.07, 6.45) is 0. The Morgan fingerprint density at radius 3 is 2.57 bits per heavy atom. The molecule has 1 aromatic heterocycles. The van der Waals surface area contributed by atoms with E-state index in [1.807, 2.05) is 24.3 Å². The number of nitrogens with zero attached hydrogens (tertiary/aromatic N) is 2. The van der Waals surface area contributed by atoms with Crippen LogP contribution >= 0.6 is 11.8 Å². The summed E-state index contributed by atoms with van der Waals surface area (Å²) in [6.45, 7) is 4.20. The number of rotatable bonds is 5. The van der Waals surface area contributed by atoms with E-state index in [-0.39, 0.29) is 0 Å². The van der Waals surface area contributed by atoms with Crippen LogP contribution in [0.25, 0.3) is 11.5 Å². The molecule has 118 valence electrons. The van der Waals surface area contributed by atoms with Crippen molar-refractivity contribution in [1.82, 2.24) is 10.2 Å². The Labute approximate surface area is 139 Å². The highest BCUT2D eigenvalue weighted by atomic mass is 32.2. The van der Waals surface area contributed by atoms with E-state index >= 15 is 0 Å². The zero-order valence-electron chi connectivity index (χ0n) is 13.4. The van der Waals surface area contributed by atoms with Gasteiger partial charge in [-0.1, -0.05) is 17.7 Å². The molecule has 0 N–H and O–H groups in total. The minimum Gasteiger partial charge on any atom is -0.497 e. The molecule has 4 nitrogen and oxygen atoms in total. The Hall–Kier alpha value is -2.27. The largest absolute Gasteiger partial charge is 0.497 e. The fourth-order valence-electron chi connectivity index (χ4n) is 2.16. The van der Waals surface area contributed by atoms with Crippen molar-refractivity contribution in [1.29, 1.82) is 0 Å². The van der Waals surface area contributed by atoms with Gasteiger partial charge in [0.05, 0.1) is 12.9 Å². The van der Waals surface area contributed by atoms with Gasteiger partial charge in [-0.25, -0.2) is 0 Å². The highest BCUT2D eigenvalue weighted by molar-refractivity contribution is 7.98. The maximum absolute atomic E-state index is 5.75. The number of thioether (sulfide) groups is 1. The van der Waals surface area contributed by atoms with Gasteiger partial charge in [-0.2, -0.15) is 0 Å². The number of aryl methyl sites for hydroxylation is 2. The molecule has 0 radical (unpaired) electrons. The Bertz CT molecular complexity index is 797. The van der Waals surface area contributed by atoms with Crippen LogP contribution in [-0.2, 0) is 5.75 Å². The van der Waals surface area contributed by atoms with Crippen molar-refractivity contribution in [3.63, 3.8) is 0 Å². The van der Waals surface area contributed by atoms with Crippen LogP contribution in [0.4, 0.5) is 0 Å². The summed E-state index contributed by atoms with van der Waals surface area (Å²) in [6, 6.07) is 14.0. The second kappa shape index (κ2) is 6.87. The van der Waals surface area contributed by atoms with E-state index in [0.717, 1.165) is 11.3 Å². The molecule has 0 aliphatic heterocycles. The van der Waals surface area contributed by atoms with Gasteiger partial charge in [0.25, 0.3) is 0 Å². The van der Waals surface area contributed by atoms with Gasteiger partial charge in [0, 0.05) is 10.5 Å². The maximum atomic E-state index is 5.75. The first-order valence-electron chi connectivity index (χ1n) is 7.32. The van der Waals surface area contributed by atoms with Crippen molar-refractivity contribution in [3.05, 3.63) is 59.5 Å². The van der Waals surface area contributed by atoms with Crippen LogP contribution < -0.4 is 4.74 Å². The third-order valence-corrected chi connectivity index (χ3v) is 4.64. The van der Waals surface area contributed by atoms with Gasteiger partial charge in [0.2, 0.25) is 11.8 Å². The fourth-order valence-corrected chi connectivity index (χ4v) is 3.13. The van der Waals surface area contributed by atoms with Gasteiger partial charge >= 0.3 is 0 Å². The number of hydrogen-bond acceptors (Lipinski definition) is 5. The molecule has 3 rings (SSSR count). The first kappa shape index (κ1) is 15.6. The molecule has 0 spiro atoms. The van der Waals surface area contributed by atoms with E-state index in [2.05, 4.69) is 42.2 Å². The topological polar surface area (TPSA) is 48.2 Å². The summed E-state index contributed by atoms with van der Waals surface area (Å²) in [5.41, 5.74) is 3.40. The van der Waals surface area contributed by atoms with Crippen LogP contribution in [0.5, 0.6) is 5.75 Å². The zero-order valence-corrected chi connectivity index (χ0v) is 14.2. The molecule has 0 amide bonds. The van der Waals surface area contributed by atoms with Crippen molar-refractivity contribution in [3.8, 4) is 17.2 Å². The lowest BCUT2D eigenvalue weighted by Crippen LogP contribution is -1.84. The first-order chi connectivity index (χ1) is 11.2. The number of ether oxygens (including phenoxy) is 1. The number of benzene rings is 2. The van der Waals surface area contributed by atoms with Gasteiger partial charge in [-0.15, -0.1) is 22.0 Å². The Balaban J connectivity index is 1.70. The minimum absolute atomic E-state index is 0.532. The predicted molar refractivity (Wildman–Crippen MR) is 91.8 cm³/mol. The highest BCUT2D eigenvalue weighted by Crippen LogP contribution is 2.28. The normalized spacial score (nSPS) is 10.7. The molecule has 0 unspecified atom stereocenters. The fraction of sp³-hybridized carbons (Fsp3) is 0.222. The molecule has 2 aromatic carbocycles. The smallest absolute Gasteiger partial charge is 0.247 e. The lowest BCUT2D eigenvalue weighted by Gasteiger charge is -2.04. The van der Waals surface area contributed by atoms with E-state index in [0.29, 0.717) is 17.5 Å². The summed E-state index contributed by atoms with van der Waals surface area (Å²) in [5, 5.41) is 8.26. The molecule has 0 bridgehead atoms. The van der Waals surface area contributed by atoms with E-state index in [9.17, 15) is 0 Å². The van der Waals surface area contributed by atoms with Crippen molar-refractivity contribution in [2.24, 2.45) is 0 Å². The van der Waals surface area contributed by atoms with Gasteiger partial charge in [0.1, 0.15) is 5.75 Å². The van der Waals surface area contributed by atoms with E-state index in [4.69, 9.17) is 9.15 Å². The maximum Gasteiger partial charge on any atom is 0.247 e. The summed E-state index contributed by atoms with van der Waals surface area (Å²) < 4.78 is 10.9. The Kier molecular flexibility index (Phi) is 4.67. The Morgan fingerprint density at radius 1 is 1.04 bits per heavy atom. The van der Waals surface area contributed by atoms with Crippen molar-refractivity contribution >= 4 is 11.8 Å².